The average molecular weight is 192 g/mol. The highest BCUT2D eigenvalue weighted by atomic mass is 15.0. The van der Waals surface area contributed by atoms with E-state index in [0.717, 1.165) is 18.8 Å². The minimum atomic E-state index is 0.375. The van der Waals surface area contributed by atoms with Crippen LogP contribution in [0.25, 0.3) is 0 Å². The molecule has 2 heterocycles. The molecule has 0 spiro atoms. The molecule has 0 aliphatic carbocycles. The second-order valence-corrected chi connectivity index (χ2v) is 3.79. The second-order valence-electron chi connectivity index (χ2n) is 3.79. The SMILES string of the molecule is Cc1nc(N)ncc1C1CCNCC1. The van der Waals surface area contributed by atoms with Crippen molar-refractivity contribution in [1.29, 1.82) is 0 Å². The normalized spacial score (nSPS) is 18.4. The Morgan fingerprint density at radius 1 is 1.43 bits per heavy atom. The zero-order chi connectivity index (χ0) is 9.97. The number of nitrogens with zero attached hydrogens (tertiary/aromatic N) is 2. The van der Waals surface area contributed by atoms with Gasteiger partial charge in [-0.1, -0.05) is 0 Å². The van der Waals surface area contributed by atoms with Gasteiger partial charge in [-0.2, -0.15) is 0 Å². The topological polar surface area (TPSA) is 63.8 Å². The van der Waals surface area contributed by atoms with Crippen molar-refractivity contribution >= 4 is 5.95 Å². The fourth-order valence-electron chi connectivity index (χ4n) is 2.03. The minimum absolute atomic E-state index is 0.375. The van der Waals surface area contributed by atoms with Gasteiger partial charge in [0.05, 0.1) is 0 Å². The summed E-state index contributed by atoms with van der Waals surface area (Å²) >= 11 is 0. The first-order valence-electron chi connectivity index (χ1n) is 5.07. The van der Waals surface area contributed by atoms with Gasteiger partial charge in [-0.3, -0.25) is 0 Å². The van der Waals surface area contributed by atoms with Crippen LogP contribution >= 0.6 is 0 Å². The number of piperidine rings is 1. The fourth-order valence-corrected chi connectivity index (χ4v) is 2.03. The molecule has 0 bridgehead atoms. The van der Waals surface area contributed by atoms with Gasteiger partial charge >= 0.3 is 0 Å². The largest absolute Gasteiger partial charge is 0.368 e. The molecular formula is C10H16N4. The summed E-state index contributed by atoms with van der Waals surface area (Å²) in [7, 11) is 0. The van der Waals surface area contributed by atoms with Gasteiger partial charge in [-0.15, -0.1) is 0 Å². The van der Waals surface area contributed by atoms with Crippen LogP contribution in [-0.2, 0) is 0 Å². The lowest BCUT2D eigenvalue weighted by atomic mass is 9.90. The lowest BCUT2D eigenvalue weighted by Gasteiger charge is -2.23. The second kappa shape index (κ2) is 3.92. The summed E-state index contributed by atoms with van der Waals surface area (Å²) in [5, 5.41) is 3.35. The average Bonchev–Trinajstić information content (AvgIpc) is 2.19. The number of nitrogen functional groups attached to an aromatic ring is 1. The predicted octanol–water partition coefficient (Wildman–Crippen LogP) is 0.834. The molecule has 0 saturated carbocycles. The number of aryl methyl sites for hydroxylation is 1. The van der Waals surface area contributed by atoms with E-state index in [2.05, 4.69) is 15.3 Å². The van der Waals surface area contributed by atoms with Gasteiger partial charge < -0.3 is 11.1 Å². The van der Waals surface area contributed by atoms with Crippen LogP contribution in [0.3, 0.4) is 0 Å². The van der Waals surface area contributed by atoms with Crippen LogP contribution in [0.2, 0.25) is 0 Å². The van der Waals surface area contributed by atoms with Crippen LogP contribution in [0.5, 0.6) is 0 Å². The molecule has 1 fully saturated rings. The van der Waals surface area contributed by atoms with E-state index in [1.807, 2.05) is 13.1 Å². The third-order valence-corrected chi connectivity index (χ3v) is 2.81. The number of hydrogen-bond acceptors (Lipinski definition) is 4. The molecule has 76 valence electrons. The molecule has 1 aromatic rings. The van der Waals surface area contributed by atoms with Crippen molar-refractivity contribution in [3.8, 4) is 0 Å². The molecule has 1 aliphatic rings. The first kappa shape index (κ1) is 9.40. The van der Waals surface area contributed by atoms with Crippen molar-refractivity contribution in [3.63, 3.8) is 0 Å². The summed E-state index contributed by atoms with van der Waals surface area (Å²) in [6, 6.07) is 0. The summed E-state index contributed by atoms with van der Waals surface area (Å²) in [5.74, 6) is 0.983. The number of rotatable bonds is 1. The van der Waals surface area contributed by atoms with Crippen LogP contribution in [0.15, 0.2) is 6.20 Å². The van der Waals surface area contributed by atoms with E-state index < -0.39 is 0 Å². The Kier molecular flexibility index (Phi) is 2.63. The van der Waals surface area contributed by atoms with Gasteiger partial charge in [-0.05, 0) is 44.3 Å². The van der Waals surface area contributed by atoms with Crippen molar-refractivity contribution in [2.75, 3.05) is 18.8 Å². The zero-order valence-corrected chi connectivity index (χ0v) is 8.45. The van der Waals surface area contributed by atoms with Crippen LogP contribution in [-0.4, -0.2) is 23.1 Å². The Hall–Kier alpha value is -1.16. The number of nitrogens with one attached hydrogen (secondary N) is 1. The molecule has 2 rings (SSSR count). The highest BCUT2D eigenvalue weighted by molar-refractivity contribution is 5.27. The molecule has 0 atom stereocenters. The molecule has 0 radical (unpaired) electrons. The monoisotopic (exact) mass is 192 g/mol. The van der Waals surface area contributed by atoms with E-state index in [0.29, 0.717) is 11.9 Å². The van der Waals surface area contributed by atoms with E-state index in [9.17, 15) is 0 Å². The summed E-state index contributed by atoms with van der Waals surface area (Å²) in [5.41, 5.74) is 7.82. The molecule has 1 aliphatic heterocycles. The number of nitrogens with two attached hydrogens (primary N) is 1. The van der Waals surface area contributed by atoms with Crippen molar-refractivity contribution in [2.24, 2.45) is 0 Å². The molecule has 1 saturated heterocycles. The summed E-state index contributed by atoms with van der Waals surface area (Å²) in [4.78, 5) is 8.26. The third-order valence-electron chi connectivity index (χ3n) is 2.81. The molecule has 1 aromatic heterocycles. The summed E-state index contributed by atoms with van der Waals surface area (Å²) < 4.78 is 0. The van der Waals surface area contributed by atoms with E-state index in [4.69, 9.17) is 5.73 Å². The molecule has 14 heavy (non-hydrogen) atoms. The van der Waals surface area contributed by atoms with Crippen molar-refractivity contribution in [2.45, 2.75) is 25.7 Å². The van der Waals surface area contributed by atoms with Crippen LogP contribution < -0.4 is 11.1 Å². The third kappa shape index (κ3) is 1.85. The number of aromatic nitrogens is 2. The van der Waals surface area contributed by atoms with Gasteiger partial charge in [0.25, 0.3) is 0 Å². The lowest BCUT2D eigenvalue weighted by molar-refractivity contribution is 0.457. The van der Waals surface area contributed by atoms with Crippen molar-refractivity contribution in [3.05, 3.63) is 17.5 Å². The van der Waals surface area contributed by atoms with Crippen molar-refractivity contribution < 1.29 is 0 Å². The first-order chi connectivity index (χ1) is 6.77. The Morgan fingerprint density at radius 3 is 2.79 bits per heavy atom. The molecule has 0 aromatic carbocycles. The molecule has 3 N–H and O–H groups in total. The highest BCUT2D eigenvalue weighted by Gasteiger charge is 2.17. The van der Waals surface area contributed by atoms with E-state index in [1.54, 1.807) is 0 Å². The Bertz CT molecular complexity index is 318. The smallest absolute Gasteiger partial charge is 0.220 e. The maximum absolute atomic E-state index is 5.52. The lowest BCUT2D eigenvalue weighted by Crippen LogP contribution is -2.27. The Balaban J connectivity index is 2.22. The first-order valence-corrected chi connectivity index (χ1v) is 5.07. The molecule has 0 unspecified atom stereocenters. The van der Waals surface area contributed by atoms with E-state index in [-0.39, 0.29) is 0 Å². The summed E-state index contributed by atoms with van der Waals surface area (Å²) in [6.45, 7) is 4.19. The fraction of sp³-hybridized carbons (Fsp3) is 0.600. The van der Waals surface area contributed by atoms with Crippen molar-refractivity contribution in [1.82, 2.24) is 15.3 Å². The van der Waals surface area contributed by atoms with Crippen LogP contribution in [0.1, 0.15) is 30.0 Å². The zero-order valence-electron chi connectivity index (χ0n) is 8.45. The van der Waals surface area contributed by atoms with Gasteiger partial charge in [-0.25, -0.2) is 9.97 Å². The standard InChI is InChI=1S/C10H16N4/c1-7-9(6-13-10(11)14-7)8-2-4-12-5-3-8/h6,8,12H,2-5H2,1H3,(H2,11,13,14). The van der Waals surface area contributed by atoms with Crippen LogP contribution in [0.4, 0.5) is 5.95 Å². The van der Waals surface area contributed by atoms with Gasteiger partial charge in [0.2, 0.25) is 5.95 Å². The van der Waals surface area contributed by atoms with Gasteiger partial charge in [0.1, 0.15) is 0 Å². The molecule has 4 heteroatoms. The number of hydrogen-bond donors (Lipinski definition) is 2. The van der Waals surface area contributed by atoms with Crippen LogP contribution in [0, 0.1) is 6.92 Å². The Labute approximate surface area is 83.9 Å². The number of anilines is 1. The maximum Gasteiger partial charge on any atom is 0.220 e. The summed E-state index contributed by atoms with van der Waals surface area (Å²) in [6.07, 6.45) is 4.23. The maximum atomic E-state index is 5.52. The van der Waals surface area contributed by atoms with E-state index >= 15 is 0 Å². The predicted molar refractivity (Wildman–Crippen MR) is 56.0 cm³/mol. The Morgan fingerprint density at radius 2 is 2.14 bits per heavy atom. The highest BCUT2D eigenvalue weighted by Crippen LogP contribution is 2.26. The molecular weight excluding hydrogens is 176 g/mol. The minimum Gasteiger partial charge on any atom is -0.368 e. The quantitative estimate of drug-likeness (QED) is 0.692. The van der Waals surface area contributed by atoms with Gasteiger partial charge in [0, 0.05) is 11.9 Å². The van der Waals surface area contributed by atoms with Gasteiger partial charge in [0.15, 0.2) is 0 Å². The molecule has 4 nitrogen and oxygen atoms in total. The van der Waals surface area contributed by atoms with E-state index in [1.165, 1.54) is 18.4 Å². The molecule has 0 amide bonds.